The van der Waals surface area contributed by atoms with Crippen molar-refractivity contribution in [2.24, 2.45) is 11.3 Å². The Morgan fingerprint density at radius 3 is 2.84 bits per heavy atom. The Morgan fingerprint density at radius 1 is 1.32 bits per heavy atom. The van der Waals surface area contributed by atoms with Gasteiger partial charge in [-0.05, 0) is 45.1 Å². The van der Waals surface area contributed by atoms with Gasteiger partial charge in [-0.2, -0.15) is 0 Å². The first-order chi connectivity index (χ1) is 9.15. The van der Waals surface area contributed by atoms with Crippen LogP contribution in [-0.2, 0) is 4.74 Å². The Morgan fingerprint density at radius 2 is 2.16 bits per heavy atom. The third kappa shape index (κ3) is 4.17. The molecule has 3 heteroatoms. The predicted molar refractivity (Wildman–Crippen MR) is 80.5 cm³/mol. The summed E-state index contributed by atoms with van der Waals surface area (Å²) in [5.74, 6) is 0.858. The highest BCUT2D eigenvalue weighted by molar-refractivity contribution is 4.90. The van der Waals surface area contributed by atoms with Crippen molar-refractivity contribution in [3.05, 3.63) is 0 Å². The molecule has 0 bridgehead atoms. The first-order valence-corrected chi connectivity index (χ1v) is 8.18. The van der Waals surface area contributed by atoms with Crippen LogP contribution < -0.4 is 5.32 Å². The molecule has 0 spiro atoms. The largest absolute Gasteiger partial charge is 0.381 e. The van der Waals surface area contributed by atoms with Gasteiger partial charge in [-0.3, -0.25) is 4.90 Å². The quantitative estimate of drug-likeness (QED) is 0.829. The maximum Gasteiger partial charge on any atom is 0.0546 e. The van der Waals surface area contributed by atoms with Crippen molar-refractivity contribution < 1.29 is 4.74 Å². The highest BCUT2D eigenvalue weighted by Gasteiger charge is 2.36. The fraction of sp³-hybridized carbons (Fsp3) is 1.00. The van der Waals surface area contributed by atoms with Crippen LogP contribution in [0.1, 0.15) is 46.5 Å². The Labute approximate surface area is 119 Å². The smallest absolute Gasteiger partial charge is 0.0546 e. The molecule has 0 amide bonds. The lowest BCUT2D eigenvalue weighted by molar-refractivity contribution is -0.0397. The summed E-state index contributed by atoms with van der Waals surface area (Å²) < 4.78 is 5.82. The van der Waals surface area contributed by atoms with Gasteiger partial charge >= 0.3 is 0 Å². The average molecular weight is 268 g/mol. The van der Waals surface area contributed by atoms with Crippen LogP contribution >= 0.6 is 0 Å². The second-order valence-electron chi connectivity index (χ2n) is 6.90. The second kappa shape index (κ2) is 7.05. The molecule has 2 aliphatic heterocycles. The Kier molecular flexibility index (Phi) is 5.67. The van der Waals surface area contributed by atoms with E-state index >= 15 is 0 Å². The van der Waals surface area contributed by atoms with Crippen LogP contribution in [-0.4, -0.2) is 50.3 Å². The molecule has 2 aliphatic rings. The number of hydrogen-bond acceptors (Lipinski definition) is 3. The third-order valence-corrected chi connectivity index (χ3v) is 4.94. The minimum Gasteiger partial charge on any atom is -0.381 e. The molecule has 0 aromatic rings. The molecule has 0 aromatic carbocycles. The summed E-state index contributed by atoms with van der Waals surface area (Å²) in [5.41, 5.74) is 0.347. The van der Waals surface area contributed by atoms with Crippen molar-refractivity contribution in [2.75, 3.05) is 39.4 Å². The Hall–Kier alpha value is -0.120. The zero-order valence-corrected chi connectivity index (χ0v) is 13.1. The molecule has 112 valence electrons. The van der Waals surface area contributed by atoms with Crippen LogP contribution in [0.5, 0.6) is 0 Å². The third-order valence-electron chi connectivity index (χ3n) is 4.94. The summed E-state index contributed by atoms with van der Waals surface area (Å²) in [5, 5.41) is 3.57. The van der Waals surface area contributed by atoms with Gasteiger partial charge in [-0.15, -0.1) is 0 Å². The molecule has 19 heavy (non-hydrogen) atoms. The summed E-state index contributed by atoms with van der Waals surface area (Å²) in [4.78, 5) is 2.72. The molecule has 0 saturated carbocycles. The summed E-state index contributed by atoms with van der Waals surface area (Å²) in [6, 6.07) is 0.747. The minimum atomic E-state index is 0.347. The summed E-state index contributed by atoms with van der Waals surface area (Å²) in [7, 11) is 0. The number of rotatable bonds is 5. The van der Waals surface area contributed by atoms with Gasteiger partial charge in [0.25, 0.3) is 0 Å². The number of hydrogen-bond donors (Lipinski definition) is 1. The van der Waals surface area contributed by atoms with Crippen molar-refractivity contribution in [2.45, 2.75) is 52.5 Å². The monoisotopic (exact) mass is 268 g/mol. The van der Waals surface area contributed by atoms with Crippen LogP contribution in [0.2, 0.25) is 0 Å². The van der Waals surface area contributed by atoms with Gasteiger partial charge in [0, 0.05) is 37.7 Å². The zero-order valence-electron chi connectivity index (χ0n) is 13.1. The SMILES string of the molecule is CCNCC1(CN2CC(C)CCC2C)CCCOC1. The van der Waals surface area contributed by atoms with Gasteiger partial charge in [0.05, 0.1) is 6.61 Å². The van der Waals surface area contributed by atoms with Crippen LogP contribution in [0.25, 0.3) is 0 Å². The molecule has 3 unspecified atom stereocenters. The van der Waals surface area contributed by atoms with Gasteiger partial charge in [0.1, 0.15) is 0 Å². The van der Waals surface area contributed by atoms with E-state index in [1.165, 1.54) is 38.8 Å². The molecule has 3 nitrogen and oxygen atoms in total. The number of likely N-dealkylation sites (tertiary alicyclic amines) is 1. The number of nitrogens with one attached hydrogen (secondary N) is 1. The molecule has 1 N–H and O–H groups in total. The van der Waals surface area contributed by atoms with Crippen molar-refractivity contribution in [3.63, 3.8) is 0 Å². The van der Waals surface area contributed by atoms with E-state index < -0.39 is 0 Å². The van der Waals surface area contributed by atoms with Crippen molar-refractivity contribution in [3.8, 4) is 0 Å². The average Bonchev–Trinajstić information content (AvgIpc) is 2.42. The fourth-order valence-corrected chi connectivity index (χ4v) is 3.65. The fourth-order valence-electron chi connectivity index (χ4n) is 3.65. The van der Waals surface area contributed by atoms with E-state index in [0.717, 1.165) is 38.3 Å². The molecule has 0 aromatic heterocycles. The second-order valence-corrected chi connectivity index (χ2v) is 6.90. The molecule has 2 fully saturated rings. The van der Waals surface area contributed by atoms with Gasteiger partial charge in [-0.1, -0.05) is 13.8 Å². The Balaban J connectivity index is 1.97. The maximum absolute atomic E-state index is 5.82. The van der Waals surface area contributed by atoms with E-state index in [1.54, 1.807) is 0 Å². The van der Waals surface area contributed by atoms with E-state index in [-0.39, 0.29) is 0 Å². The normalized spacial score (nSPS) is 37.4. The van der Waals surface area contributed by atoms with Crippen LogP contribution in [0, 0.1) is 11.3 Å². The molecule has 2 saturated heterocycles. The van der Waals surface area contributed by atoms with Gasteiger partial charge in [-0.25, -0.2) is 0 Å². The van der Waals surface area contributed by atoms with Crippen LogP contribution in [0.4, 0.5) is 0 Å². The highest BCUT2D eigenvalue weighted by Crippen LogP contribution is 2.32. The van der Waals surface area contributed by atoms with Crippen molar-refractivity contribution >= 4 is 0 Å². The molecule has 0 aliphatic carbocycles. The molecular weight excluding hydrogens is 236 g/mol. The first kappa shape index (κ1) is 15.3. The Bertz CT molecular complexity index is 263. The minimum absolute atomic E-state index is 0.347. The van der Waals surface area contributed by atoms with Crippen LogP contribution in [0.3, 0.4) is 0 Å². The number of ether oxygens (including phenoxy) is 1. The lowest BCUT2D eigenvalue weighted by Gasteiger charge is -2.45. The lowest BCUT2D eigenvalue weighted by Crippen LogP contribution is -2.53. The number of nitrogens with zero attached hydrogens (tertiary/aromatic N) is 1. The number of piperidine rings is 1. The van der Waals surface area contributed by atoms with Gasteiger partial charge in [0.2, 0.25) is 0 Å². The molecule has 2 rings (SSSR count). The molecule has 0 radical (unpaired) electrons. The standard InChI is InChI=1S/C16H32N2O/c1-4-17-11-16(8-5-9-19-13-16)12-18-10-14(2)6-7-15(18)3/h14-15,17H,4-13H2,1-3H3. The van der Waals surface area contributed by atoms with E-state index in [9.17, 15) is 0 Å². The van der Waals surface area contributed by atoms with E-state index in [1.807, 2.05) is 0 Å². The van der Waals surface area contributed by atoms with E-state index in [4.69, 9.17) is 4.74 Å². The van der Waals surface area contributed by atoms with Gasteiger partial charge in [0.15, 0.2) is 0 Å². The molecule has 3 atom stereocenters. The summed E-state index contributed by atoms with van der Waals surface area (Å²) >= 11 is 0. The van der Waals surface area contributed by atoms with Crippen molar-refractivity contribution in [1.82, 2.24) is 10.2 Å². The van der Waals surface area contributed by atoms with Crippen molar-refractivity contribution in [1.29, 1.82) is 0 Å². The molecular formula is C16H32N2O. The van der Waals surface area contributed by atoms with E-state index in [2.05, 4.69) is 31.0 Å². The van der Waals surface area contributed by atoms with Gasteiger partial charge < -0.3 is 10.1 Å². The lowest BCUT2D eigenvalue weighted by atomic mass is 9.80. The van der Waals surface area contributed by atoms with Crippen LogP contribution in [0.15, 0.2) is 0 Å². The summed E-state index contributed by atoms with van der Waals surface area (Å²) in [6.07, 6.45) is 5.30. The maximum atomic E-state index is 5.82. The molecule has 2 heterocycles. The zero-order chi connectivity index (χ0) is 13.7. The predicted octanol–water partition coefficient (Wildman–Crippen LogP) is 2.51. The highest BCUT2D eigenvalue weighted by atomic mass is 16.5. The topological polar surface area (TPSA) is 24.5 Å². The summed E-state index contributed by atoms with van der Waals surface area (Å²) in [6.45, 7) is 13.6. The first-order valence-electron chi connectivity index (χ1n) is 8.18. The van der Waals surface area contributed by atoms with E-state index in [0.29, 0.717) is 5.41 Å².